The van der Waals surface area contributed by atoms with E-state index in [1.54, 1.807) is 23.2 Å². The lowest BCUT2D eigenvalue weighted by Gasteiger charge is -2.18. The van der Waals surface area contributed by atoms with Crippen molar-refractivity contribution < 1.29 is 18.3 Å². The Balaban J connectivity index is 1.44. The van der Waals surface area contributed by atoms with E-state index in [-0.39, 0.29) is 28.9 Å². The van der Waals surface area contributed by atoms with Gasteiger partial charge in [-0.25, -0.2) is 18.6 Å². The van der Waals surface area contributed by atoms with Crippen molar-refractivity contribution in [3.63, 3.8) is 0 Å². The van der Waals surface area contributed by atoms with Gasteiger partial charge in [0.05, 0.1) is 17.9 Å². The Bertz CT molecular complexity index is 1070. The third-order valence-electron chi connectivity index (χ3n) is 4.63. The second-order valence-electron chi connectivity index (χ2n) is 6.73. The zero-order chi connectivity index (χ0) is 21.1. The Labute approximate surface area is 170 Å². The Morgan fingerprint density at radius 2 is 2.10 bits per heavy atom. The van der Waals surface area contributed by atoms with Crippen LogP contribution in [0.5, 0.6) is 5.88 Å². The predicted octanol–water partition coefficient (Wildman–Crippen LogP) is 3.08. The van der Waals surface area contributed by atoms with Crippen LogP contribution >= 0.6 is 0 Å². The van der Waals surface area contributed by atoms with Crippen molar-refractivity contribution in [3.8, 4) is 17.1 Å². The van der Waals surface area contributed by atoms with Gasteiger partial charge in [0.25, 0.3) is 0 Å². The Morgan fingerprint density at radius 1 is 1.23 bits per heavy atom. The van der Waals surface area contributed by atoms with E-state index >= 15 is 0 Å². The van der Waals surface area contributed by atoms with Crippen LogP contribution in [0, 0.1) is 11.6 Å². The van der Waals surface area contributed by atoms with Crippen molar-refractivity contribution in [2.24, 2.45) is 0 Å². The highest BCUT2D eigenvalue weighted by Crippen LogP contribution is 2.26. The van der Waals surface area contributed by atoms with E-state index in [4.69, 9.17) is 10.5 Å². The molecule has 1 unspecified atom stereocenters. The third-order valence-corrected chi connectivity index (χ3v) is 4.63. The number of ether oxygens (including phenoxy) is 1. The van der Waals surface area contributed by atoms with Crippen LogP contribution in [0.2, 0.25) is 0 Å². The lowest BCUT2D eigenvalue weighted by molar-refractivity contribution is 0.188. The molecule has 30 heavy (non-hydrogen) atoms. The molecule has 0 saturated carbocycles. The van der Waals surface area contributed by atoms with Gasteiger partial charge in [0, 0.05) is 36.9 Å². The number of nitrogen functional groups attached to an aromatic ring is 1. The number of carbonyl (C=O) groups excluding carboxylic acids is 1. The standard InChI is InChI=1S/C20H18F2N6O2/c21-12-3-4-14(15(22)10-12)17-6-5-16(23)19(25-17)26-20(29)28-9-7-13(11-28)30-18-2-1-8-24-27-18/h1-6,8,10,13H,7,9,11,23H2,(H,25,26,29). The minimum atomic E-state index is -0.756. The number of pyridine rings is 1. The maximum atomic E-state index is 14.1. The topological polar surface area (TPSA) is 106 Å². The number of anilines is 2. The number of hydrogen-bond donors (Lipinski definition) is 2. The van der Waals surface area contributed by atoms with Crippen LogP contribution in [0.3, 0.4) is 0 Å². The van der Waals surface area contributed by atoms with E-state index in [1.807, 2.05) is 0 Å². The number of nitrogens with two attached hydrogens (primary N) is 1. The van der Waals surface area contributed by atoms with Crippen LogP contribution in [-0.2, 0) is 0 Å². The largest absolute Gasteiger partial charge is 0.471 e. The van der Waals surface area contributed by atoms with Crippen LogP contribution in [0.25, 0.3) is 11.3 Å². The normalized spacial score (nSPS) is 15.8. The number of rotatable bonds is 4. The minimum Gasteiger partial charge on any atom is -0.471 e. The summed E-state index contributed by atoms with van der Waals surface area (Å²) in [7, 11) is 0. The summed E-state index contributed by atoms with van der Waals surface area (Å²) in [6.07, 6.45) is 1.97. The summed E-state index contributed by atoms with van der Waals surface area (Å²) in [6, 6.07) is 9.20. The lowest BCUT2D eigenvalue weighted by atomic mass is 10.1. The van der Waals surface area contributed by atoms with Gasteiger partial charge >= 0.3 is 6.03 Å². The number of nitrogens with one attached hydrogen (secondary N) is 1. The number of nitrogens with zero attached hydrogens (tertiary/aromatic N) is 4. The van der Waals surface area contributed by atoms with Gasteiger partial charge in [-0.1, -0.05) is 0 Å². The SMILES string of the molecule is Nc1ccc(-c2ccc(F)cc2F)nc1NC(=O)N1CCC(Oc2cccnn2)C1. The zero-order valence-electron chi connectivity index (χ0n) is 15.8. The second-order valence-corrected chi connectivity index (χ2v) is 6.73. The fraction of sp³-hybridized carbons (Fsp3) is 0.200. The van der Waals surface area contributed by atoms with Crippen LogP contribution in [-0.4, -0.2) is 45.3 Å². The molecule has 0 bridgehead atoms. The van der Waals surface area contributed by atoms with Crippen LogP contribution in [0.1, 0.15) is 6.42 Å². The molecule has 1 aliphatic rings. The number of likely N-dealkylation sites (tertiary alicyclic amines) is 1. The van der Waals surface area contributed by atoms with Gasteiger partial charge in [-0.2, -0.15) is 5.10 Å². The summed E-state index contributed by atoms with van der Waals surface area (Å²) in [5.41, 5.74) is 6.47. The second kappa shape index (κ2) is 8.27. The molecule has 1 saturated heterocycles. The maximum Gasteiger partial charge on any atom is 0.323 e. The van der Waals surface area contributed by atoms with Crippen LogP contribution in [0.4, 0.5) is 25.1 Å². The zero-order valence-corrected chi connectivity index (χ0v) is 15.8. The lowest BCUT2D eigenvalue weighted by Crippen LogP contribution is -2.35. The van der Waals surface area contributed by atoms with E-state index in [2.05, 4.69) is 20.5 Å². The highest BCUT2D eigenvalue weighted by molar-refractivity contribution is 5.92. The first-order chi connectivity index (χ1) is 14.5. The minimum absolute atomic E-state index is 0.0968. The van der Waals surface area contributed by atoms with Crippen molar-refractivity contribution in [2.75, 3.05) is 24.1 Å². The van der Waals surface area contributed by atoms with E-state index in [1.165, 1.54) is 18.2 Å². The van der Waals surface area contributed by atoms with Crippen LogP contribution < -0.4 is 15.8 Å². The van der Waals surface area contributed by atoms with Gasteiger partial charge in [-0.3, -0.25) is 5.32 Å². The number of halogens is 2. The van der Waals surface area contributed by atoms with Gasteiger partial charge in [0.1, 0.15) is 17.7 Å². The van der Waals surface area contributed by atoms with E-state index in [9.17, 15) is 13.6 Å². The average molecular weight is 412 g/mol. The van der Waals surface area contributed by atoms with Crippen molar-refractivity contribution >= 4 is 17.5 Å². The van der Waals surface area contributed by atoms with E-state index in [0.717, 1.165) is 12.1 Å². The highest BCUT2D eigenvalue weighted by atomic mass is 19.1. The molecule has 10 heteroatoms. The third kappa shape index (κ3) is 4.27. The Morgan fingerprint density at radius 3 is 2.87 bits per heavy atom. The molecule has 1 aromatic carbocycles. The van der Waals surface area contributed by atoms with Gasteiger partial charge < -0.3 is 15.4 Å². The Kier molecular flexibility index (Phi) is 5.38. The Hall–Kier alpha value is -3.82. The molecule has 154 valence electrons. The molecule has 8 nitrogen and oxygen atoms in total. The summed E-state index contributed by atoms with van der Waals surface area (Å²) in [6.45, 7) is 0.831. The number of urea groups is 1. The fourth-order valence-electron chi connectivity index (χ4n) is 3.13. The molecule has 2 aromatic heterocycles. The van der Waals surface area contributed by atoms with Crippen molar-refractivity contribution in [1.29, 1.82) is 0 Å². The first kappa shape index (κ1) is 19.5. The molecule has 0 aliphatic carbocycles. The number of benzene rings is 1. The van der Waals surface area contributed by atoms with E-state index in [0.29, 0.717) is 25.4 Å². The van der Waals surface area contributed by atoms with E-state index < -0.39 is 17.7 Å². The van der Waals surface area contributed by atoms with Gasteiger partial charge in [-0.15, -0.1) is 5.10 Å². The quantitative estimate of drug-likeness (QED) is 0.682. The molecule has 4 rings (SSSR count). The molecule has 0 spiro atoms. The molecule has 3 aromatic rings. The first-order valence-electron chi connectivity index (χ1n) is 9.22. The first-order valence-corrected chi connectivity index (χ1v) is 9.22. The van der Waals surface area contributed by atoms with Crippen molar-refractivity contribution in [2.45, 2.75) is 12.5 Å². The maximum absolute atomic E-state index is 14.1. The summed E-state index contributed by atoms with van der Waals surface area (Å²) in [5.74, 6) is -0.954. The number of hydrogen-bond acceptors (Lipinski definition) is 6. The molecule has 0 radical (unpaired) electrons. The molecule has 3 heterocycles. The van der Waals surface area contributed by atoms with Gasteiger partial charge in [-0.05, 0) is 30.3 Å². The number of aromatic nitrogens is 3. The van der Waals surface area contributed by atoms with Gasteiger partial charge in [0.15, 0.2) is 5.82 Å². The molecule has 3 N–H and O–H groups in total. The number of carbonyl (C=O) groups is 1. The molecule has 1 fully saturated rings. The average Bonchev–Trinajstić information content (AvgIpc) is 3.19. The van der Waals surface area contributed by atoms with Gasteiger partial charge in [0.2, 0.25) is 5.88 Å². The number of amides is 2. The molecule has 1 atom stereocenters. The van der Waals surface area contributed by atoms with Crippen molar-refractivity contribution in [3.05, 3.63) is 60.3 Å². The predicted molar refractivity (Wildman–Crippen MR) is 106 cm³/mol. The summed E-state index contributed by atoms with van der Waals surface area (Å²) >= 11 is 0. The monoisotopic (exact) mass is 412 g/mol. The molecule has 1 aliphatic heterocycles. The summed E-state index contributed by atoms with van der Waals surface area (Å²) in [5, 5.41) is 10.3. The van der Waals surface area contributed by atoms with Crippen LogP contribution in [0.15, 0.2) is 48.7 Å². The smallest absolute Gasteiger partial charge is 0.323 e. The fourth-order valence-corrected chi connectivity index (χ4v) is 3.13. The molecular weight excluding hydrogens is 394 g/mol. The highest BCUT2D eigenvalue weighted by Gasteiger charge is 2.28. The molecule has 2 amide bonds. The summed E-state index contributed by atoms with van der Waals surface area (Å²) in [4.78, 5) is 18.4. The molecular formula is C20H18F2N6O2. The summed E-state index contributed by atoms with van der Waals surface area (Å²) < 4.78 is 32.9. The van der Waals surface area contributed by atoms with Crippen molar-refractivity contribution in [1.82, 2.24) is 20.1 Å².